The molecule has 0 spiro atoms. The number of aryl methyl sites for hydroxylation is 1. The van der Waals surface area contributed by atoms with Crippen LogP contribution in [0.5, 0.6) is 5.75 Å². The van der Waals surface area contributed by atoms with Gasteiger partial charge in [-0.25, -0.2) is 0 Å². The van der Waals surface area contributed by atoms with Crippen molar-refractivity contribution in [1.29, 1.82) is 0 Å². The molecule has 0 aliphatic heterocycles. The fourth-order valence-corrected chi connectivity index (χ4v) is 2.91. The van der Waals surface area contributed by atoms with E-state index in [9.17, 15) is 0 Å². The molecule has 0 radical (unpaired) electrons. The molecule has 0 saturated heterocycles. The fraction of sp³-hybridized carbons (Fsp3) is 0.250. The highest BCUT2D eigenvalue weighted by molar-refractivity contribution is 6.30. The van der Waals surface area contributed by atoms with Crippen molar-refractivity contribution in [2.75, 3.05) is 13.6 Å². The van der Waals surface area contributed by atoms with Gasteiger partial charge in [-0.2, -0.15) is 5.10 Å². The molecule has 3 aromatic rings. The summed E-state index contributed by atoms with van der Waals surface area (Å²) in [4.78, 5) is 0. The Bertz CT molecular complexity index is 814. The molecule has 5 heteroatoms. The molecule has 0 saturated carbocycles. The van der Waals surface area contributed by atoms with Gasteiger partial charge >= 0.3 is 0 Å². The van der Waals surface area contributed by atoms with Gasteiger partial charge in [0.05, 0.1) is 6.20 Å². The average Bonchev–Trinajstić information content (AvgIpc) is 3.05. The van der Waals surface area contributed by atoms with Crippen LogP contribution in [0.4, 0.5) is 0 Å². The zero-order valence-electron chi connectivity index (χ0n) is 14.4. The summed E-state index contributed by atoms with van der Waals surface area (Å²) >= 11 is 6.07. The third-order valence-electron chi connectivity index (χ3n) is 4.05. The Kier molecular flexibility index (Phi) is 5.74. The number of hydrogen-bond donors (Lipinski definition) is 1. The lowest BCUT2D eigenvalue weighted by Gasteiger charge is -2.20. The first-order chi connectivity index (χ1) is 12.2. The number of hydrogen-bond acceptors (Lipinski definition) is 3. The molecule has 130 valence electrons. The zero-order valence-corrected chi connectivity index (χ0v) is 15.2. The Balaban J connectivity index is 1.80. The molecule has 25 heavy (non-hydrogen) atoms. The fourth-order valence-electron chi connectivity index (χ4n) is 2.73. The van der Waals surface area contributed by atoms with Gasteiger partial charge in [0.2, 0.25) is 0 Å². The van der Waals surface area contributed by atoms with Crippen molar-refractivity contribution in [2.45, 2.75) is 12.5 Å². The van der Waals surface area contributed by atoms with Crippen LogP contribution in [-0.2, 0) is 7.05 Å². The normalized spacial score (nSPS) is 12.1. The molecule has 1 N–H and O–H groups in total. The number of ether oxygens (including phenoxy) is 1. The number of halogens is 1. The second kappa shape index (κ2) is 8.19. The summed E-state index contributed by atoms with van der Waals surface area (Å²) in [5.41, 5.74) is 3.39. The van der Waals surface area contributed by atoms with Crippen LogP contribution >= 0.6 is 11.6 Å². The highest BCUT2D eigenvalue weighted by Gasteiger charge is 2.14. The Morgan fingerprint density at radius 3 is 2.60 bits per heavy atom. The van der Waals surface area contributed by atoms with E-state index in [2.05, 4.69) is 34.7 Å². The van der Waals surface area contributed by atoms with E-state index in [0.29, 0.717) is 5.02 Å². The van der Waals surface area contributed by atoms with E-state index in [0.717, 1.165) is 35.4 Å². The second-order valence-corrected chi connectivity index (χ2v) is 6.42. The van der Waals surface area contributed by atoms with Crippen molar-refractivity contribution in [3.8, 4) is 16.9 Å². The first-order valence-corrected chi connectivity index (χ1v) is 8.69. The third kappa shape index (κ3) is 4.62. The van der Waals surface area contributed by atoms with Gasteiger partial charge in [-0.05, 0) is 42.9 Å². The van der Waals surface area contributed by atoms with E-state index in [1.54, 1.807) is 4.68 Å². The summed E-state index contributed by atoms with van der Waals surface area (Å²) in [5.74, 6) is 0.782. The minimum absolute atomic E-state index is 0.0335. The van der Waals surface area contributed by atoms with Gasteiger partial charge in [0.15, 0.2) is 0 Å². The molecule has 0 aliphatic carbocycles. The maximum absolute atomic E-state index is 6.19. The van der Waals surface area contributed by atoms with E-state index < -0.39 is 0 Å². The summed E-state index contributed by atoms with van der Waals surface area (Å²) in [6.45, 7) is 0.871. The topological polar surface area (TPSA) is 39.1 Å². The average molecular weight is 356 g/mol. The Morgan fingerprint density at radius 1 is 1.16 bits per heavy atom. The summed E-state index contributed by atoms with van der Waals surface area (Å²) in [7, 11) is 3.87. The van der Waals surface area contributed by atoms with Crippen LogP contribution in [0.1, 0.15) is 18.1 Å². The predicted octanol–water partition coefficient (Wildman–Crippen LogP) is 4.47. The molecule has 1 aromatic heterocycles. The minimum atomic E-state index is -0.0335. The van der Waals surface area contributed by atoms with Gasteiger partial charge in [0, 0.05) is 30.3 Å². The van der Waals surface area contributed by atoms with Gasteiger partial charge in [-0.3, -0.25) is 4.68 Å². The number of benzene rings is 2. The monoisotopic (exact) mass is 355 g/mol. The molecule has 1 atom stereocenters. The largest absolute Gasteiger partial charge is 0.486 e. The van der Waals surface area contributed by atoms with Crippen LogP contribution in [0, 0.1) is 0 Å². The number of nitrogens with zero attached hydrogens (tertiary/aromatic N) is 2. The highest BCUT2D eigenvalue weighted by atomic mass is 35.5. The summed E-state index contributed by atoms with van der Waals surface area (Å²) in [6, 6.07) is 16.0. The van der Waals surface area contributed by atoms with Gasteiger partial charge in [0.1, 0.15) is 11.9 Å². The molecule has 0 fully saturated rings. The summed E-state index contributed by atoms with van der Waals surface area (Å²) in [6.07, 6.45) is 4.72. The van der Waals surface area contributed by atoms with E-state index in [4.69, 9.17) is 16.3 Å². The molecule has 3 rings (SSSR count). The van der Waals surface area contributed by atoms with Crippen LogP contribution < -0.4 is 10.1 Å². The lowest BCUT2D eigenvalue weighted by atomic mass is 10.0. The third-order valence-corrected chi connectivity index (χ3v) is 4.29. The highest BCUT2D eigenvalue weighted by Crippen LogP contribution is 2.28. The standard InChI is InChI=1S/C20H22ClN3O/c1-22-11-10-20(25-19-5-3-4-18(21)12-19)16-8-6-15(7-9-16)17-13-23-24(2)14-17/h3-9,12-14,20,22H,10-11H2,1-2H3. The molecule has 0 bridgehead atoms. The Labute approximate surface area is 153 Å². The van der Waals surface area contributed by atoms with E-state index in [1.165, 1.54) is 0 Å². The maximum atomic E-state index is 6.19. The van der Waals surface area contributed by atoms with Crippen molar-refractivity contribution in [1.82, 2.24) is 15.1 Å². The second-order valence-electron chi connectivity index (χ2n) is 5.98. The van der Waals surface area contributed by atoms with Crippen molar-refractivity contribution < 1.29 is 4.74 Å². The quantitative estimate of drug-likeness (QED) is 0.679. The van der Waals surface area contributed by atoms with Crippen molar-refractivity contribution in [3.05, 3.63) is 71.5 Å². The first kappa shape index (κ1) is 17.5. The van der Waals surface area contributed by atoms with Crippen LogP contribution in [0.3, 0.4) is 0 Å². The SMILES string of the molecule is CNCCC(Oc1cccc(Cl)c1)c1ccc(-c2cnn(C)c2)cc1. The number of aromatic nitrogens is 2. The molecular weight excluding hydrogens is 334 g/mol. The van der Waals surface area contributed by atoms with Crippen molar-refractivity contribution >= 4 is 11.6 Å². The molecule has 0 amide bonds. The van der Waals surface area contributed by atoms with Crippen LogP contribution in [-0.4, -0.2) is 23.4 Å². The Morgan fingerprint density at radius 2 is 1.96 bits per heavy atom. The lowest BCUT2D eigenvalue weighted by molar-refractivity contribution is 0.195. The van der Waals surface area contributed by atoms with Crippen LogP contribution in [0.25, 0.3) is 11.1 Å². The number of rotatable bonds is 7. The molecule has 1 unspecified atom stereocenters. The Hall–Kier alpha value is -2.30. The molecule has 4 nitrogen and oxygen atoms in total. The molecular formula is C20H22ClN3O. The molecule has 1 heterocycles. The summed E-state index contributed by atoms with van der Waals surface area (Å²) in [5, 5.41) is 8.09. The molecule has 0 aliphatic rings. The van der Waals surface area contributed by atoms with Gasteiger partial charge < -0.3 is 10.1 Å². The summed E-state index contributed by atoms with van der Waals surface area (Å²) < 4.78 is 8.00. The van der Waals surface area contributed by atoms with Crippen LogP contribution in [0.2, 0.25) is 5.02 Å². The predicted molar refractivity (Wildman–Crippen MR) is 102 cm³/mol. The van der Waals surface area contributed by atoms with E-state index in [-0.39, 0.29) is 6.10 Å². The smallest absolute Gasteiger partial charge is 0.125 e. The molecule has 2 aromatic carbocycles. The zero-order chi connectivity index (χ0) is 17.6. The van der Waals surface area contributed by atoms with Gasteiger partial charge in [-0.1, -0.05) is 41.9 Å². The van der Waals surface area contributed by atoms with Crippen LogP contribution in [0.15, 0.2) is 60.9 Å². The minimum Gasteiger partial charge on any atom is -0.486 e. The van der Waals surface area contributed by atoms with E-state index in [1.807, 2.05) is 50.8 Å². The van der Waals surface area contributed by atoms with E-state index >= 15 is 0 Å². The van der Waals surface area contributed by atoms with Gasteiger partial charge in [0.25, 0.3) is 0 Å². The first-order valence-electron chi connectivity index (χ1n) is 8.31. The van der Waals surface area contributed by atoms with Gasteiger partial charge in [-0.15, -0.1) is 0 Å². The van der Waals surface area contributed by atoms with Crippen molar-refractivity contribution in [3.63, 3.8) is 0 Å². The lowest BCUT2D eigenvalue weighted by Crippen LogP contribution is -2.16. The van der Waals surface area contributed by atoms with Crippen molar-refractivity contribution in [2.24, 2.45) is 7.05 Å². The number of nitrogens with one attached hydrogen (secondary N) is 1. The maximum Gasteiger partial charge on any atom is 0.125 e.